The van der Waals surface area contributed by atoms with Crippen molar-refractivity contribution in [2.24, 2.45) is 11.8 Å². The van der Waals surface area contributed by atoms with Crippen LogP contribution in [0.5, 0.6) is 0 Å². The van der Waals surface area contributed by atoms with Gasteiger partial charge in [-0.1, -0.05) is 30.7 Å². The van der Waals surface area contributed by atoms with Crippen LogP contribution in [-0.4, -0.2) is 46.4 Å². The molecule has 7 nitrogen and oxygen atoms in total. The summed E-state index contributed by atoms with van der Waals surface area (Å²) < 4.78 is 5.22. The minimum Gasteiger partial charge on any atom is -0.391 e. The number of nitrogens with one attached hydrogen (secondary N) is 1. The number of rotatable bonds is 5. The van der Waals surface area contributed by atoms with Crippen LogP contribution >= 0.6 is 11.6 Å². The average molecular weight is 405 g/mol. The molecule has 1 aromatic carbocycles. The Hall–Kier alpha value is -2.12. The van der Waals surface area contributed by atoms with E-state index in [4.69, 9.17) is 16.1 Å². The van der Waals surface area contributed by atoms with Gasteiger partial charge in [0.2, 0.25) is 11.8 Å². The smallest absolute Gasteiger partial charge is 0.266 e. The largest absolute Gasteiger partial charge is 0.391 e. The molecule has 4 rings (SSSR count). The number of carbonyl (C=O) groups excluding carboxylic acids is 1. The van der Waals surface area contributed by atoms with Crippen molar-refractivity contribution in [1.29, 1.82) is 0 Å². The van der Waals surface area contributed by atoms with Gasteiger partial charge in [-0.3, -0.25) is 4.79 Å². The van der Waals surface area contributed by atoms with E-state index in [1.807, 2.05) is 19.1 Å². The Morgan fingerprint density at radius 3 is 2.86 bits per heavy atom. The Morgan fingerprint density at radius 2 is 2.14 bits per heavy atom. The summed E-state index contributed by atoms with van der Waals surface area (Å²) in [7, 11) is 0. The molecule has 28 heavy (non-hydrogen) atoms. The van der Waals surface area contributed by atoms with E-state index in [2.05, 4.69) is 20.4 Å². The number of nitrogens with zero attached hydrogens (tertiary/aromatic N) is 3. The SMILES string of the molecule is CCc1nc(N2C[C@H]3C[C@H](O)[C@@H](NC(=O)Cc4cccc(Cl)c4)C[C@H]3C2)no1. The molecule has 1 aliphatic heterocycles. The van der Waals surface area contributed by atoms with Gasteiger partial charge in [-0.2, -0.15) is 4.98 Å². The molecule has 2 aromatic rings. The van der Waals surface area contributed by atoms with Crippen LogP contribution in [0.4, 0.5) is 5.95 Å². The molecule has 1 saturated carbocycles. The highest BCUT2D eigenvalue weighted by Gasteiger charge is 2.43. The van der Waals surface area contributed by atoms with Gasteiger partial charge >= 0.3 is 0 Å². The topological polar surface area (TPSA) is 91.5 Å². The number of fused-ring (bicyclic) bond motifs is 1. The zero-order valence-electron chi connectivity index (χ0n) is 15.8. The number of aliphatic hydroxyl groups excluding tert-OH is 1. The molecule has 2 N–H and O–H groups in total. The highest BCUT2D eigenvalue weighted by atomic mass is 35.5. The lowest BCUT2D eigenvalue weighted by atomic mass is 9.77. The number of halogens is 1. The van der Waals surface area contributed by atoms with Crippen molar-refractivity contribution in [3.05, 3.63) is 40.7 Å². The van der Waals surface area contributed by atoms with Crippen LogP contribution in [0.3, 0.4) is 0 Å². The molecule has 4 atom stereocenters. The normalized spacial score (nSPS) is 26.9. The number of amides is 1. The lowest BCUT2D eigenvalue weighted by molar-refractivity contribution is -0.122. The van der Waals surface area contributed by atoms with Gasteiger partial charge in [0.1, 0.15) is 0 Å². The molecule has 1 saturated heterocycles. The fourth-order valence-electron chi connectivity index (χ4n) is 4.36. The first-order chi connectivity index (χ1) is 13.5. The van der Waals surface area contributed by atoms with Crippen molar-refractivity contribution in [3.63, 3.8) is 0 Å². The van der Waals surface area contributed by atoms with E-state index in [1.54, 1.807) is 12.1 Å². The van der Waals surface area contributed by atoms with Gasteiger partial charge in [0.15, 0.2) is 0 Å². The Morgan fingerprint density at radius 1 is 1.36 bits per heavy atom. The number of carbonyl (C=O) groups is 1. The summed E-state index contributed by atoms with van der Waals surface area (Å²) in [5.74, 6) is 1.94. The Balaban J connectivity index is 1.35. The fraction of sp³-hybridized carbons (Fsp3) is 0.550. The van der Waals surface area contributed by atoms with E-state index in [1.165, 1.54) is 0 Å². The third-order valence-electron chi connectivity index (χ3n) is 5.78. The van der Waals surface area contributed by atoms with Gasteiger partial charge < -0.3 is 19.8 Å². The van der Waals surface area contributed by atoms with Gasteiger partial charge in [-0.05, 0) is 47.5 Å². The number of aromatic nitrogens is 2. The Kier molecular flexibility index (Phi) is 5.55. The third-order valence-corrected chi connectivity index (χ3v) is 6.02. The fourth-order valence-corrected chi connectivity index (χ4v) is 4.57. The molecule has 2 heterocycles. The summed E-state index contributed by atoms with van der Waals surface area (Å²) in [4.78, 5) is 19.0. The average Bonchev–Trinajstić information content (AvgIpc) is 3.28. The molecule has 0 bridgehead atoms. The van der Waals surface area contributed by atoms with Crippen molar-refractivity contribution >= 4 is 23.5 Å². The number of hydrogen-bond donors (Lipinski definition) is 2. The minimum atomic E-state index is -0.541. The molecule has 0 unspecified atom stereocenters. The second-order valence-electron chi connectivity index (χ2n) is 7.79. The molecule has 1 aliphatic carbocycles. The van der Waals surface area contributed by atoms with E-state index in [-0.39, 0.29) is 18.4 Å². The van der Waals surface area contributed by atoms with E-state index >= 15 is 0 Å². The van der Waals surface area contributed by atoms with Crippen LogP contribution in [-0.2, 0) is 17.6 Å². The first-order valence-corrected chi connectivity index (χ1v) is 10.2. The van der Waals surface area contributed by atoms with Crippen molar-refractivity contribution in [2.45, 2.75) is 44.8 Å². The standard InChI is InChI=1S/C20H25ClN4O3/c1-2-19-23-20(24-28-19)25-10-13-8-16(17(26)9-14(13)11-25)22-18(27)7-12-4-3-5-15(21)6-12/h3-6,13-14,16-17,26H,2,7-11H2,1H3,(H,22,27)/t13-,14+,16-,17-/m0/s1. The Labute approximate surface area is 169 Å². The summed E-state index contributed by atoms with van der Waals surface area (Å²) in [6, 6.07) is 7.05. The molecule has 8 heteroatoms. The number of hydrogen-bond acceptors (Lipinski definition) is 6. The quantitative estimate of drug-likeness (QED) is 0.794. The van der Waals surface area contributed by atoms with Crippen LogP contribution in [0.2, 0.25) is 5.02 Å². The van der Waals surface area contributed by atoms with Gasteiger partial charge in [-0.15, -0.1) is 0 Å². The molecule has 2 fully saturated rings. The first kappa shape index (κ1) is 19.2. The first-order valence-electron chi connectivity index (χ1n) is 9.81. The molecular formula is C20H25ClN4O3. The summed E-state index contributed by atoms with van der Waals surface area (Å²) in [5.41, 5.74) is 0.865. The van der Waals surface area contributed by atoms with Crippen molar-refractivity contribution < 1.29 is 14.4 Å². The number of benzene rings is 1. The van der Waals surface area contributed by atoms with Crippen LogP contribution in [0, 0.1) is 11.8 Å². The van der Waals surface area contributed by atoms with E-state index in [9.17, 15) is 9.90 Å². The minimum absolute atomic E-state index is 0.0922. The molecule has 2 aliphatic rings. The lowest BCUT2D eigenvalue weighted by Gasteiger charge is -2.35. The second kappa shape index (κ2) is 8.09. The lowest BCUT2D eigenvalue weighted by Crippen LogP contribution is -2.49. The number of aliphatic hydroxyl groups is 1. The van der Waals surface area contributed by atoms with Crippen molar-refractivity contribution in [2.75, 3.05) is 18.0 Å². The number of aryl methyl sites for hydroxylation is 1. The molecule has 1 amide bonds. The van der Waals surface area contributed by atoms with Gasteiger partial charge in [-0.25, -0.2) is 0 Å². The summed E-state index contributed by atoms with van der Waals surface area (Å²) in [6.45, 7) is 3.61. The van der Waals surface area contributed by atoms with Gasteiger partial charge in [0.25, 0.3) is 5.95 Å². The summed E-state index contributed by atoms with van der Waals surface area (Å²) >= 11 is 5.99. The Bertz CT molecular complexity index is 842. The summed E-state index contributed by atoms with van der Waals surface area (Å²) in [6.07, 6.45) is 1.85. The molecule has 1 aromatic heterocycles. The molecular weight excluding hydrogens is 380 g/mol. The molecule has 0 spiro atoms. The second-order valence-corrected chi connectivity index (χ2v) is 8.22. The van der Waals surface area contributed by atoms with Gasteiger partial charge in [0.05, 0.1) is 18.6 Å². The highest BCUT2D eigenvalue weighted by Crippen LogP contribution is 2.37. The predicted molar refractivity (Wildman–Crippen MR) is 105 cm³/mol. The van der Waals surface area contributed by atoms with E-state index in [0.29, 0.717) is 41.5 Å². The predicted octanol–water partition coefficient (Wildman–Crippen LogP) is 2.22. The maximum Gasteiger partial charge on any atom is 0.266 e. The zero-order valence-corrected chi connectivity index (χ0v) is 16.6. The summed E-state index contributed by atoms with van der Waals surface area (Å²) in [5, 5.41) is 18.3. The molecule has 0 radical (unpaired) electrons. The van der Waals surface area contributed by atoms with Crippen LogP contribution in [0.1, 0.15) is 31.2 Å². The van der Waals surface area contributed by atoms with Crippen LogP contribution in [0.15, 0.2) is 28.8 Å². The van der Waals surface area contributed by atoms with Crippen LogP contribution < -0.4 is 10.2 Å². The third kappa shape index (κ3) is 4.15. The maximum atomic E-state index is 12.4. The monoisotopic (exact) mass is 404 g/mol. The van der Waals surface area contributed by atoms with Crippen LogP contribution in [0.25, 0.3) is 0 Å². The van der Waals surface area contributed by atoms with Gasteiger partial charge in [0, 0.05) is 24.5 Å². The molecule has 150 valence electrons. The zero-order chi connectivity index (χ0) is 19.7. The number of anilines is 1. The van der Waals surface area contributed by atoms with Crippen molar-refractivity contribution in [3.8, 4) is 0 Å². The highest BCUT2D eigenvalue weighted by molar-refractivity contribution is 6.30. The van der Waals surface area contributed by atoms with E-state index in [0.717, 1.165) is 25.1 Å². The van der Waals surface area contributed by atoms with Crippen molar-refractivity contribution in [1.82, 2.24) is 15.5 Å². The van der Waals surface area contributed by atoms with E-state index < -0.39 is 6.10 Å². The maximum absolute atomic E-state index is 12.4.